The lowest BCUT2D eigenvalue weighted by atomic mass is 9.87. The van der Waals surface area contributed by atoms with Crippen LogP contribution in [-0.2, 0) is 16.1 Å². The molecule has 1 aromatic carbocycles. The van der Waals surface area contributed by atoms with Crippen LogP contribution in [0.1, 0.15) is 51.4 Å². The van der Waals surface area contributed by atoms with Crippen LogP contribution >= 0.6 is 11.8 Å². The Labute approximate surface area is 187 Å². The number of carbonyl (C=O) groups is 1. The smallest absolute Gasteiger partial charge is 0.230 e. The normalized spacial score (nSPS) is 19.7. The summed E-state index contributed by atoms with van der Waals surface area (Å²) in [5.41, 5.74) is 0. The highest BCUT2D eigenvalue weighted by molar-refractivity contribution is 7.99. The summed E-state index contributed by atoms with van der Waals surface area (Å²) in [7, 11) is 1.63. The number of methoxy groups -OCH3 is 1. The summed E-state index contributed by atoms with van der Waals surface area (Å²) >= 11 is 1.34. The average molecular weight is 451 g/mol. The van der Waals surface area contributed by atoms with Gasteiger partial charge in [0, 0.05) is 13.2 Å². The third-order valence-electron chi connectivity index (χ3n) is 5.49. The Morgan fingerprint density at radius 2 is 2.03 bits per heavy atom. The number of nitrogens with one attached hydrogen (secondary N) is 1. The maximum Gasteiger partial charge on any atom is 0.230 e. The van der Waals surface area contributed by atoms with Crippen molar-refractivity contribution in [3.8, 4) is 5.75 Å². The SMILES string of the molecule is COC[C@@H](C)n1c(COc2ccccc2F)nnc1SCC(=O)NC1CCC(C)CC1. The van der Waals surface area contributed by atoms with Gasteiger partial charge in [0.1, 0.15) is 6.61 Å². The van der Waals surface area contributed by atoms with Gasteiger partial charge in [-0.05, 0) is 50.7 Å². The molecule has 2 aromatic rings. The molecule has 1 heterocycles. The Bertz CT molecular complexity index is 855. The van der Waals surface area contributed by atoms with Gasteiger partial charge in [0.15, 0.2) is 22.5 Å². The molecular formula is C22H31FN4O3S. The molecule has 3 rings (SSSR count). The molecule has 170 valence electrons. The first-order chi connectivity index (χ1) is 15.0. The van der Waals surface area contributed by atoms with E-state index in [1.807, 2.05) is 11.5 Å². The molecule has 1 atom stereocenters. The summed E-state index contributed by atoms with van der Waals surface area (Å²) in [5, 5.41) is 12.2. The zero-order valence-corrected chi connectivity index (χ0v) is 19.2. The molecule has 31 heavy (non-hydrogen) atoms. The average Bonchev–Trinajstić information content (AvgIpc) is 3.16. The van der Waals surface area contributed by atoms with E-state index >= 15 is 0 Å². The molecule has 1 N–H and O–H groups in total. The lowest BCUT2D eigenvalue weighted by Crippen LogP contribution is -2.38. The number of amides is 1. The molecule has 0 unspecified atom stereocenters. The minimum absolute atomic E-state index is 0.00246. The molecule has 1 aliphatic rings. The largest absolute Gasteiger partial charge is 0.483 e. The van der Waals surface area contributed by atoms with Crippen LogP contribution in [0.3, 0.4) is 0 Å². The van der Waals surface area contributed by atoms with Crippen LogP contribution in [-0.4, -0.2) is 46.2 Å². The molecule has 1 amide bonds. The fourth-order valence-electron chi connectivity index (χ4n) is 3.77. The zero-order chi connectivity index (χ0) is 22.2. The molecule has 1 aromatic heterocycles. The Morgan fingerprint density at radius 3 is 2.74 bits per heavy atom. The highest BCUT2D eigenvalue weighted by Gasteiger charge is 2.22. The van der Waals surface area contributed by atoms with Crippen molar-refractivity contribution in [1.29, 1.82) is 0 Å². The first kappa shape index (κ1) is 23.5. The fraction of sp³-hybridized carbons (Fsp3) is 0.591. The van der Waals surface area contributed by atoms with Gasteiger partial charge >= 0.3 is 0 Å². The van der Waals surface area contributed by atoms with Gasteiger partial charge in [-0.15, -0.1) is 10.2 Å². The van der Waals surface area contributed by atoms with E-state index in [1.165, 1.54) is 17.8 Å². The van der Waals surface area contributed by atoms with Crippen molar-refractivity contribution in [3.05, 3.63) is 35.9 Å². The number of hydrogen-bond donors (Lipinski definition) is 1. The predicted molar refractivity (Wildman–Crippen MR) is 118 cm³/mol. The molecule has 0 saturated heterocycles. The number of ether oxygens (including phenoxy) is 2. The first-order valence-electron chi connectivity index (χ1n) is 10.7. The van der Waals surface area contributed by atoms with Gasteiger partial charge in [0.05, 0.1) is 18.4 Å². The van der Waals surface area contributed by atoms with Crippen LogP contribution in [0.15, 0.2) is 29.4 Å². The van der Waals surface area contributed by atoms with Crippen molar-refractivity contribution in [2.75, 3.05) is 19.5 Å². The highest BCUT2D eigenvalue weighted by Crippen LogP contribution is 2.25. The van der Waals surface area contributed by atoms with Gasteiger partial charge in [-0.2, -0.15) is 0 Å². The molecule has 0 spiro atoms. The number of benzene rings is 1. The molecule has 7 nitrogen and oxygen atoms in total. The summed E-state index contributed by atoms with van der Waals surface area (Å²) < 4.78 is 26.7. The number of nitrogens with zero attached hydrogens (tertiary/aromatic N) is 3. The lowest BCUT2D eigenvalue weighted by Gasteiger charge is -2.26. The number of halogens is 1. The third-order valence-corrected chi connectivity index (χ3v) is 6.43. The number of aromatic nitrogens is 3. The second-order valence-corrected chi connectivity index (χ2v) is 9.05. The van der Waals surface area contributed by atoms with Crippen LogP contribution in [0.2, 0.25) is 0 Å². The van der Waals surface area contributed by atoms with Crippen molar-refractivity contribution < 1.29 is 18.7 Å². The van der Waals surface area contributed by atoms with Crippen LogP contribution in [0.25, 0.3) is 0 Å². The summed E-state index contributed by atoms with van der Waals surface area (Å²) in [6.07, 6.45) is 4.39. The van der Waals surface area contributed by atoms with Crippen LogP contribution < -0.4 is 10.1 Å². The Balaban J connectivity index is 1.62. The number of rotatable bonds is 10. The Kier molecular flexibility index (Phi) is 8.71. The molecule has 1 aliphatic carbocycles. The maximum atomic E-state index is 13.9. The van der Waals surface area contributed by atoms with Crippen LogP contribution in [0, 0.1) is 11.7 Å². The zero-order valence-electron chi connectivity index (χ0n) is 18.3. The number of thioether (sulfide) groups is 1. The van der Waals surface area contributed by atoms with Gasteiger partial charge < -0.3 is 14.8 Å². The molecule has 1 fully saturated rings. The van der Waals surface area contributed by atoms with E-state index in [2.05, 4.69) is 22.4 Å². The summed E-state index contributed by atoms with van der Waals surface area (Å²) in [6, 6.07) is 6.44. The van der Waals surface area contributed by atoms with Gasteiger partial charge in [-0.25, -0.2) is 4.39 Å². The quantitative estimate of drug-likeness (QED) is 0.552. The van der Waals surface area contributed by atoms with E-state index in [-0.39, 0.29) is 36.1 Å². The van der Waals surface area contributed by atoms with Crippen molar-refractivity contribution in [3.63, 3.8) is 0 Å². The second kappa shape index (κ2) is 11.5. The van der Waals surface area contributed by atoms with Crippen LogP contribution in [0.5, 0.6) is 5.75 Å². The van der Waals surface area contributed by atoms with Gasteiger partial charge in [0.25, 0.3) is 0 Å². The van der Waals surface area contributed by atoms with E-state index in [0.717, 1.165) is 31.6 Å². The van der Waals surface area contributed by atoms with E-state index < -0.39 is 5.82 Å². The number of para-hydroxylation sites is 1. The second-order valence-electron chi connectivity index (χ2n) is 8.11. The molecular weight excluding hydrogens is 419 g/mol. The topological polar surface area (TPSA) is 78.3 Å². The van der Waals surface area contributed by atoms with Crippen molar-refractivity contribution in [1.82, 2.24) is 20.1 Å². The first-order valence-corrected chi connectivity index (χ1v) is 11.7. The summed E-state index contributed by atoms with van der Waals surface area (Å²) in [5.74, 6) is 1.29. The lowest BCUT2D eigenvalue weighted by molar-refractivity contribution is -0.119. The standard InChI is InChI=1S/C22H31FN4O3S/c1-15-8-10-17(11-9-15)24-21(28)14-31-22-26-25-20(27(22)16(2)12-29-3)13-30-19-7-5-4-6-18(19)23/h4-7,15-17H,8-14H2,1-3H3,(H,24,28)/t15?,16-,17?/m1/s1. The minimum Gasteiger partial charge on any atom is -0.483 e. The monoisotopic (exact) mass is 450 g/mol. The molecule has 1 saturated carbocycles. The van der Waals surface area contributed by atoms with Crippen molar-refractivity contribution in [2.45, 2.75) is 63.4 Å². The Hall–Kier alpha value is -2.13. The molecule has 0 aliphatic heterocycles. The number of carbonyl (C=O) groups excluding carboxylic acids is 1. The van der Waals surface area contributed by atoms with Crippen LogP contribution in [0.4, 0.5) is 4.39 Å². The van der Waals surface area contributed by atoms with E-state index in [4.69, 9.17) is 9.47 Å². The number of hydrogen-bond acceptors (Lipinski definition) is 6. The van der Waals surface area contributed by atoms with E-state index in [0.29, 0.717) is 17.6 Å². The van der Waals surface area contributed by atoms with E-state index in [1.54, 1.807) is 25.3 Å². The highest BCUT2D eigenvalue weighted by atomic mass is 32.2. The molecule has 0 bridgehead atoms. The summed E-state index contributed by atoms with van der Waals surface area (Å²) in [4.78, 5) is 12.4. The van der Waals surface area contributed by atoms with E-state index in [9.17, 15) is 9.18 Å². The van der Waals surface area contributed by atoms with Crippen molar-refractivity contribution >= 4 is 17.7 Å². The molecule has 9 heteroatoms. The summed E-state index contributed by atoms with van der Waals surface area (Å²) in [6.45, 7) is 4.75. The Morgan fingerprint density at radius 1 is 1.29 bits per heavy atom. The fourth-order valence-corrected chi connectivity index (χ4v) is 4.64. The van der Waals surface area contributed by atoms with Gasteiger partial charge in [-0.1, -0.05) is 30.8 Å². The predicted octanol–water partition coefficient (Wildman–Crippen LogP) is 3.99. The third kappa shape index (κ3) is 6.67. The van der Waals surface area contributed by atoms with Crippen molar-refractivity contribution in [2.24, 2.45) is 5.92 Å². The maximum absolute atomic E-state index is 13.9. The van der Waals surface area contributed by atoms with Gasteiger partial charge in [0.2, 0.25) is 5.91 Å². The molecule has 0 radical (unpaired) electrons. The minimum atomic E-state index is -0.429. The van der Waals surface area contributed by atoms with Gasteiger partial charge in [-0.3, -0.25) is 9.36 Å².